The van der Waals surface area contributed by atoms with Gasteiger partial charge in [0.15, 0.2) is 0 Å². The lowest BCUT2D eigenvalue weighted by Crippen LogP contribution is -2.50. The molecule has 0 aromatic carbocycles. The molecule has 0 aromatic heterocycles. The maximum absolute atomic E-state index is 11.3. The van der Waals surface area contributed by atoms with Gasteiger partial charge in [0.05, 0.1) is 13.2 Å². The van der Waals surface area contributed by atoms with E-state index >= 15 is 0 Å². The number of carbonyl (C=O) groups is 2. The molecule has 0 atom stereocenters. The lowest BCUT2D eigenvalue weighted by Gasteiger charge is -2.37. The summed E-state index contributed by atoms with van der Waals surface area (Å²) in [7, 11) is 0. The molecule has 1 saturated heterocycles. The molecule has 6 nitrogen and oxygen atoms in total. The van der Waals surface area contributed by atoms with Crippen molar-refractivity contribution >= 4 is 12.1 Å². The third-order valence-electron chi connectivity index (χ3n) is 2.48. The molecule has 17 heavy (non-hydrogen) atoms. The molecule has 1 aliphatic rings. The smallest absolute Gasteiger partial charge is 0.407 e. The first-order valence-electron chi connectivity index (χ1n) is 5.53. The number of hydrogen-bond acceptors (Lipinski definition) is 4. The average molecular weight is 245 g/mol. The molecule has 0 spiro atoms. The van der Waals surface area contributed by atoms with E-state index in [1.54, 1.807) is 20.8 Å². The van der Waals surface area contributed by atoms with Gasteiger partial charge in [-0.1, -0.05) is 0 Å². The van der Waals surface area contributed by atoms with Crippen LogP contribution in [0.1, 0.15) is 27.2 Å². The molecule has 0 unspecified atom stereocenters. The van der Waals surface area contributed by atoms with E-state index < -0.39 is 23.1 Å². The molecule has 2 N–H and O–H groups in total. The van der Waals surface area contributed by atoms with E-state index in [-0.39, 0.29) is 19.8 Å². The molecule has 1 fully saturated rings. The summed E-state index contributed by atoms with van der Waals surface area (Å²) >= 11 is 0. The lowest BCUT2D eigenvalue weighted by molar-refractivity contribution is -0.180. The minimum atomic E-state index is -0.880. The Kier molecular flexibility index (Phi) is 3.98. The monoisotopic (exact) mass is 245 g/mol. The minimum absolute atomic E-state index is 0.207. The van der Waals surface area contributed by atoms with Crippen molar-refractivity contribution in [3.05, 3.63) is 0 Å². The van der Waals surface area contributed by atoms with Crippen molar-refractivity contribution in [2.75, 3.05) is 19.8 Å². The Morgan fingerprint density at radius 3 is 2.35 bits per heavy atom. The van der Waals surface area contributed by atoms with Crippen molar-refractivity contribution < 1.29 is 24.2 Å². The summed E-state index contributed by atoms with van der Waals surface area (Å²) in [6.07, 6.45) is -0.181. The molecule has 0 bridgehead atoms. The van der Waals surface area contributed by atoms with Gasteiger partial charge in [0.25, 0.3) is 0 Å². The number of nitrogens with one attached hydrogen (secondary N) is 1. The molecule has 0 aromatic rings. The Bertz CT molecular complexity index is 303. The Hall–Kier alpha value is -1.30. The summed E-state index contributed by atoms with van der Waals surface area (Å²) in [6, 6.07) is 0. The molecular formula is C11H19NO5. The van der Waals surface area contributed by atoms with Crippen LogP contribution < -0.4 is 5.32 Å². The SMILES string of the molecule is CC(C)(C)OC(=O)NCCC1(C(=O)O)COC1. The fraction of sp³-hybridized carbons (Fsp3) is 0.818. The fourth-order valence-corrected chi connectivity index (χ4v) is 1.44. The standard InChI is InChI=1S/C11H19NO5/c1-10(2,3)17-9(15)12-5-4-11(8(13)14)6-16-7-11/h4-7H2,1-3H3,(H,12,15)(H,13,14). The van der Waals surface area contributed by atoms with Crippen LogP contribution in [0, 0.1) is 5.41 Å². The molecule has 98 valence electrons. The van der Waals surface area contributed by atoms with Gasteiger partial charge in [0.1, 0.15) is 11.0 Å². The zero-order chi connectivity index (χ0) is 13.1. The summed E-state index contributed by atoms with van der Waals surface area (Å²) in [5.74, 6) is -0.880. The number of aliphatic carboxylic acids is 1. The summed E-state index contributed by atoms with van der Waals surface area (Å²) in [5.41, 5.74) is -1.39. The van der Waals surface area contributed by atoms with Crippen LogP contribution in [0.4, 0.5) is 4.79 Å². The quantitative estimate of drug-likeness (QED) is 0.772. The van der Waals surface area contributed by atoms with Crippen LogP contribution in [0.25, 0.3) is 0 Å². The highest BCUT2D eigenvalue weighted by molar-refractivity contribution is 5.76. The zero-order valence-electron chi connectivity index (χ0n) is 10.4. The molecule has 1 amide bonds. The van der Waals surface area contributed by atoms with Crippen molar-refractivity contribution in [3.63, 3.8) is 0 Å². The zero-order valence-corrected chi connectivity index (χ0v) is 10.4. The molecule has 1 aliphatic heterocycles. The first-order valence-corrected chi connectivity index (χ1v) is 5.53. The Morgan fingerprint density at radius 1 is 1.41 bits per heavy atom. The Labute approximate surface area is 100 Å². The number of rotatable bonds is 4. The third kappa shape index (κ3) is 3.89. The molecular weight excluding hydrogens is 226 g/mol. The number of hydrogen-bond donors (Lipinski definition) is 2. The molecule has 1 rings (SSSR count). The highest BCUT2D eigenvalue weighted by Gasteiger charge is 2.45. The van der Waals surface area contributed by atoms with E-state index in [0.29, 0.717) is 6.42 Å². The van der Waals surface area contributed by atoms with E-state index in [1.807, 2.05) is 0 Å². The summed E-state index contributed by atoms with van der Waals surface area (Å²) in [4.78, 5) is 22.3. The molecule has 0 radical (unpaired) electrons. The number of ether oxygens (including phenoxy) is 2. The van der Waals surface area contributed by atoms with E-state index in [0.717, 1.165) is 0 Å². The highest BCUT2D eigenvalue weighted by atomic mass is 16.6. The largest absolute Gasteiger partial charge is 0.481 e. The van der Waals surface area contributed by atoms with Gasteiger partial charge in [0, 0.05) is 6.54 Å². The van der Waals surface area contributed by atoms with Crippen molar-refractivity contribution in [2.24, 2.45) is 5.41 Å². The number of carboxylic acid groups (broad SMARTS) is 1. The second kappa shape index (κ2) is 4.91. The second-order valence-electron chi connectivity index (χ2n) is 5.26. The van der Waals surface area contributed by atoms with Gasteiger partial charge in [-0.15, -0.1) is 0 Å². The highest BCUT2D eigenvalue weighted by Crippen LogP contribution is 2.31. The van der Waals surface area contributed by atoms with Crippen molar-refractivity contribution in [1.29, 1.82) is 0 Å². The fourth-order valence-electron chi connectivity index (χ4n) is 1.44. The summed E-state index contributed by atoms with van der Waals surface area (Å²) < 4.78 is 9.95. The van der Waals surface area contributed by atoms with E-state index in [9.17, 15) is 9.59 Å². The van der Waals surface area contributed by atoms with Gasteiger partial charge in [-0.05, 0) is 27.2 Å². The van der Waals surface area contributed by atoms with E-state index in [1.165, 1.54) is 0 Å². The minimum Gasteiger partial charge on any atom is -0.481 e. The van der Waals surface area contributed by atoms with Crippen LogP contribution in [0.15, 0.2) is 0 Å². The van der Waals surface area contributed by atoms with Crippen LogP contribution in [0.3, 0.4) is 0 Å². The number of alkyl carbamates (subject to hydrolysis) is 1. The summed E-state index contributed by atoms with van der Waals surface area (Å²) in [6.45, 7) is 5.99. The molecule has 1 heterocycles. The number of amides is 1. The maximum atomic E-state index is 11.3. The van der Waals surface area contributed by atoms with Crippen LogP contribution in [0.2, 0.25) is 0 Å². The van der Waals surface area contributed by atoms with Crippen LogP contribution in [0.5, 0.6) is 0 Å². The molecule has 0 saturated carbocycles. The Morgan fingerprint density at radius 2 is 2.00 bits per heavy atom. The normalized spacial score (nSPS) is 18.1. The third-order valence-corrected chi connectivity index (χ3v) is 2.48. The predicted molar refractivity (Wildman–Crippen MR) is 59.7 cm³/mol. The van der Waals surface area contributed by atoms with Gasteiger partial charge >= 0.3 is 12.1 Å². The maximum Gasteiger partial charge on any atom is 0.407 e. The molecule has 0 aliphatic carbocycles. The number of carbonyl (C=O) groups excluding carboxylic acids is 1. The Balaban J connectivity index is 2.28. The van der Waals surface area contributed by atoms with Crippen LogP contribution in [-0.2, 0) is 14.3 Å². The van der Waals surface area contributed by atoms with E-state index in [4.69, 9.17) is 14.6 Å². The first-order chi connectivity index (χ1) is 7.75. The van der Waals surface area contributed by atoms with Crippen LogP contribution in [-0.4, -0.2) is 42.5 Å². The predicted octanol–water partition coefficient (Wildman–Crippen LogP) is 1.00. The van der Waals surface area contributed by atoms with Gasteiger partial charge in [0.2, 0.25) is 0 Å². The van der Waals surface area contributed by atoms with Crippen molar-refractivity contribution in [2.45, 2.75) is 32.8 Å². The van der Waals surface area contributed by atoms with Gasteiger partial charge in [-0.2, -0.15) is 0 Å². The van der Waals surface area contributed by atoms with E-state index in [2.05, 4.69) is 5.32 Å². The topological polar surface area (TPSA) is 84.9 Å². The first kappa shape index (κ1) is 13.8. The number of carboxylic acids is 1. The molecule has 6 heteroatoms. The second-order valence-corrected chi connectivity index (χ2v) is 5.26. The lowest BCUT2D eigenvalue weighted by atomic mass is 9.82. The van der Waals surface area contributed by atoms with Crippen LogP contribution >= 0.6 is 0 Å². The van der Waals surface area contributed by atoms with Gasteiger partial charge < -0.3 is 19.9 Å². The van der Waals surface area contributed by atoms with Gasteiger partial charge in [-0.25, -0.2) is 4.79 Å². The van der Waals surface area contributed by atoms with Gasteiger partial charge in [-0.3, -0.25) is 4.79 Å². The average Bonchev–Trinajstić information content (AvgIpc) is 2.05. The van der Waals surface area contributed by atoms with Crippen molar-refractivity contribution in [1.82, 2.24) is 5.32 Å². The summed E-state index contributed by atoms with van der Waals surface area (Å²) in [5, 5.41) is 11.5. The van der Waals surface area contributed by atoms with Crippen molar-refractivity contribution in [3.8, 4) is 0 Å².